The largest absolute Gasteiger partial charge is 0.394 e. The molecule has 0 rings (SSSR count). The predicted molar refractivity (Wildman–Crippen MR) is 259 cm³/mol. The van der Waals surface area contributed by atoms with Gasteiger partial charge in [-0.2, -0.15) is 0 Å². The highest BCUT2D eigenvalue weighted by atomic mass is 16.3. The second kappa shape index (κ2) is 49.7. The summed E-state index contributed by atoms with van der Waals surface area (Å²) in [5, 5.41) is 33.5. The molecule has 0 aliphatic rings. The molecule has 0 radical (unpaired) electrons. The molecular formula is C54H107NO4. The first-order valence-electron chi connectivity index (χ1n) is 27.0. The molecule has 0 fully saturated rings. The maximum absolute atomic E-state index is 12.5. The Balaban J connectivity index is 3.49. The highest BCUT2D eigenvalue weighted by molar-refractivity contribution is 5.80. The second-order valence-electron chi connectivity index (χ2n) is 18.8. The van der Waals surface area contributed by atoms with Crippen molar-refractivity contribution in [3.63, 3.8) is 0 Å². The minimum Gasteiger partial charge on any atom is -0.394 e. The van der Waals surface area contributed by atoms with Crippen molar-refractivity contribution in [2.45, 2.75) is 321 Å². The molecule has 352 valence electrons. The molecule has 59 heavy (non-hydrogen) atoms. The third kappa shape index (κ3) is 44.9. The van der Waals surface area contributed by atoms with E-state index in [4.69, 9.17) is 0 Å². The predicted octanol–water partition coefficient (Wildman–Crippen LogP) is 16.3. The van der Waals surface area contributed by atoms with E-state index < -0.39 is 24.2 Å². The summed E-state index contributed by atoms with van der Waals surface area (Å²) in [6, 6.07) is -0.708. The van der Waals surface area contributed by atoms with E-state index in [1.165, 1.54) is 244 Å². The minimum atomic E-state index is -1.07. The van der Waals surface area contributed by atoms with Crippen molar-refractivity contribution in [2.75, 3.05) is 6.61 Å². The smallest absolute Gasteiger partial charge is 0.249 e. The molecule has 0 spiro atoms. The fourth-order valence-corrected chi connectivity index (χ4v) is 8.66. The van der Waals surface area contributed by atoms with Crippen molar-refractivity contribution < 1.29 is 20.1 Å². The first kappa shape index (κ1) is 58.1. The van der Waals surface area contributed by atoms with Gasteiger partial charge >= 0.3 is 0 Å². The fourth-order valence-electron chi connectivity index (χ4n) is 8.66. The molecular weight excluding hydrogens is 727 g/mol. The monoisotopic (exact) mass is 834 g/mol. The summed E-state index contributed by atoms with van der Waals surface area (Å²) in [5.41, 5.74) is 0. The molecule has 0 saturated carbocycles. The molecule has 0 aliphatic heterocycles. The van der Waals surface area contributed by atoms with Gasteiger partial charge in [-0.3, -0.25) is 4.79 Å². The van der Waals surface area contributed by atoms with Gasteiger partial charge in [0.25, 0.3) is 0 Å². The van der Waals surface area contributed by atoms with E-state index in [0.29, 0.717) is 12.8 Å². The molecule has 5 nitrogen and oxygen atoms in total. The van der Waals surface area contributed by atoms with Crippen LogP contribution >= 0.6 is 0 Å². The quantitative estimate of drug-likeness (QED) is 0.0363. The van der Waals surface area contributed by atoms with Crippen molar-refractivity contribution in [1.29, 1.82) is 0 Å². The van der Waals surface area contributed by atoms with Gasteiger partial charge in [0.15, 0.2) is 0 Å². The van der Waals surface area contributed by atoms with E-state index in [9.17, 15) is 20.1 Å². The van der Waals surface area contributed by atoms with Crippen LogP contribution in [0.25, 0.3) is 0 Å². The van der Waals surface area contributed by atoms with Gasteiger partial charge in [0, 0.05) is 0 Å². The zero-order valence-electron chi connectivity index (χ0n) is 40.2. The van der Waals surface area contributed by atoms with Crippen LogP contribution in [0, 0.1) is 0 Å². The van der Waals surface area contributed by atoms with Gasteiger partial charge in [-0.15, -0.1) is 0 Å². The molecule has 0 aromatic carbocycles. The number of amides is 1. The summed E-state index contributed by atoms with van der Waals surface area (Å²) in [4.78, 5) is 12.5. The summed E-state index contributed by atoms with van der Waals surface area (Å²) >= 11 is 0. The van der Waals surface area contributed by atoms with Crippen LogP contribution in [0.15, 0.2) is 12.2 Å². The van der Waals surface area contributed by atoms with E-state index in [1.807, 2.05) is 0 Å². The number of unbranched alkanes of at least 4 members (excludes halogenated alkanes) is 40. The molecule has 5 heteroatoms. The SMILES string of the molecule is CCCCCCCCCCCCCC/C=C\CCCCCCCCCCCCCCCCC(O)C(=O)NC(CO)C(O)CCCCCCCCCCCCCCCCC. The number of carbonyl (C=O) groups excluding carboxylic acids is 1. The number of aliphatic hydroxyl groups excluding tert-OH is 3. The number of hydrogen-bond acceptors (Lipinski definition) is 4. The Morgan fingerprint density at radius 1 is 0.390 bits per heavy atom. The molecule has 3 atom stereocenters. The van der Waals surface area contributed by atoms with Gasteiger partial charge in [0.1, 0.15) is 6.10 Å². The topological polar surface area (TPSA) is 89.8 Å². The highest BCUT2D eigenvalue weighted by Crippen LogP contribution is 2.18. The summed E-state index contributed by atoms with van der Waals surface area (Å²) in [7, 11) is 0. The van der Waals surface area contributed by atoms with Gasteiger partial charge in [0.05, 0.1) is 18.8 Å². The van der Waals surface area contributed by atoms with Crippen LogP contribution < -0.4 is 5.32 Å². The summed E-state index contributed by atoms with van der Waals surface area (Å²) < 4.78 is 0. The van der Waals surface area contributed by atoms with Crippen molar-refractivity contribution in [3.05, 3.63) is 12.2 Å². The van der Waals surface area contributed by atoms with Crippen LogP contribution in [0.3, 0.4) is 0 Å². The summed E-state index contributed by atoms with van der Waals surface area (Å²) in [6.07, 6.45) is 61.1. The van der Waals surface area contributed by atoms with Crippen LogP contribution in [0.2, 0.25) is 0 Å². The zero-order valence-corrected chi connectivity index (χ0v) is 40.2. The third-order valence-corrected chi connectivity index (χ3v) is 12.9. The lowest BCUT2D eigenvalue weighted by atomic mass is 10.0. The average molecular weight is 834 g/mol. The summed E-state index contributed by atoms with van der Waals surface area (Å²) in [5.74, 6) is -0.466. The maximum Gasteiger partial charge on any atom is 0.249 e. The first-order valence-corrected chi connectivity index (χ1v) is 27.0. The van der Waals surface area contributed by atoms with Crippen LogP contribution in [0.1, 0.15) is 303 Å². The Bertz CT molecular complexity index is 833. The van der Waals surface area contributed by atoms with E-state index in [-0.39, 0.29) is 6.61 Å². The van der Waals surface area contributed by atoms with Gasteiger partial charge in [-0.25, -0.2) is 0 Å². The molecule has 0 aromatic heterocycles. The average Bonchev–Trinajstić information content (AvgIpc) is 3.24. The normalized spacial score (nSPS) is 13.4. The number of rotatable bonds is 50. The van der Waals surface area contributed by atoms with Crippen molar-refractivity contribution in [3.8, 4) is 0 Å². The highest BCUT2D eigenvalue weighted by Gasteiger charge is 2.23. The molecule has 0 bridgehead atoms. The molecule has 4 N–H and O–H groups in total. The maximum atomic E-state index is 12.5. The number of hydrogen-bond donors (Lipinski definition) is 4. The fraction of sp³-hybridized carbons (Fsp3) is 0.944. The number of allylic oxidation sites excluding steroid dienone is 2. The molecule has 0 aliphatic carbocycles. The summed E-state index contributed by atoms with van der Waals surface area (Å²) in [6.45, 7) is 4.26. The van der Waals surface area contributed by atoms with Gasteiger partial charge < -0.3 is 20.6 Å². The van der Waals surface area contributed by atoms with Crippen LogP contribution in [-0.2, 0) is 4.79 Å². The minimum absolute atomic E-state index is 0.310. The van der Waals surface area contributed by atoms with E-state index >= 15 is 0 Å². The lowest BCUT2D eigenvalue weighted by Gasteiger charge is -2.23. The van der Waals surface area contributed by atoms with Gasteiger partial charge in [0.2, 0.25) is 5.91 Å². The Kier molecular flexibility index (Phi) is 49.0. The van der Waals surface area contributed by atoms with Crippen molar-refractivity contribution >= 4 is 5.91 Å². The zero-order chi connectivity index (χ0) is 43.0. The first-order chi connectivity index (χ1) is 29.1. The van der Waals surface area contributed by atoms with E-state index in [2.05, 4.69) is 31.3 Å². The molecule has 0 aromatic rings. The van der Waals surface area contributed by atoms with Gasteiger partial charge in [-0.1, -0.05) is 276 Å². The lowest BCUT2D eigenvalue weighted by molar-refractivity contribution is -0.131. The van der Waals surface area contributed by atoms with Crippen LogP contribution in [-0.4, -0.2) is 46.1 Å². The van der Waals surface area contributed by atoms with E-state index in [0.717, 1.165) is 32.1 Å². The second-order valence-corrected chi connectivity index (χ2v) is 18.8. The Morgan fingerprint density at radius 3 is 0.932 bits per heavy atom. The Morgan fingerprint density at radius 2 is 0.644 bits per heavy atom. The van der Waals surface area contributed by atoms with E-state index in [1.54, 1.807) is 0 Å². The van der Waals surface area contributed by atoms with Crippen molar-refractivity contribution in [2.24, 2.45) is 0 Å². The van der Waals surface area contributed by atoms with Crippen LogP contribution in [0.5, 0.6) is 0 Å². The Labute approximate surface area is 369 Å². The van der Waals surface area contributed by atoms with Gasteiger partial charge in [-0.05, 0) is 38.5 Å². The molecule has 0 saturated heterocycles. The number of aliphatic hydroxyl groups is 3. The number of carbonyl (C=O) groups is 1. The number of nitrogens with one attached hydrogen (secondary N) is 1. The van der Waals surface area contributed by atoms with Crippen LogP contribution in [0.4, 0.5) is 0 Å². The van der Waals surface area contributed by atoms with Crippen molar-refractivity contribution in [1.82, 2.24) is 5.32 Å². The molecule has 0 heterocycles. The lowest BCUT2D eigenvalue weighted by Crippen LogP contribution is -2.49. The standard InChI is InChI=1S/C54H107NO4/c1-3-5-7-9-11-13-15-17-19-20-21-22-23-24-25-26-27-28-29-30-31-32-33-35-37-39-41-43-45-47-49-53(58)54(59)55-51(50-56)52(57)48-46-44-42-40-38-36-34-18-16-14-12-10-8-6-4-2/h24-25,51-53,56-58H,3-23,26-50H2,1-2H3,(H,55,59)/b25-24-. The third-order valence-electron chi connectivity index (χ3n) is 12.9. The Hall–Kier alpha value is -0.910. The molecule has 1 amide bonds. The molecule has 3 unspecified atom stereocenters.